The Hall–Kier alpha value is -3.32. The molecular weight excluding hydrogens is 380 g/mol. The second-order valence-corrected chi connectivity index (χ2v) is 6.28. The van der Waals surface area contributed by atoms with Gasteiger partial charge in [0.25, 0.3) is 5.56 Å². The van der Waals surface area contributed by atoms with Crippen LogP contribution >= 0.6 is 11.6 Å². The molecule has 0 aliphatic rings. The SMILES string of the molecule is CCOc1ccc(NC(=O)Nc2nccn(-c3cccc(Cl)c3C)c2=O)cc1. The third-order valence-electron chi connectivity index (χ3n) is 3.99. The van der Waals surface area contributed by atoms with Crippen LogP contribution in [0, 0.1) is 6.92 Å². The second-order valence-electron chi connectivity index (χ2n) is 5.87. The quantitative estimate of drug-likeness (QED) is 0.673. The van der Waals surface area contributed by atoms with E-state index < -0.39 is 11.6 Å². The number of aromatic nitrogens is 2. The summed E-state index contributed by atoms with van der Waals surface area (Å²) in [6.45, 7) is 4.27. The Labute approximate surface area is 166 Å². The summed E-state index contributed by atoms with van der Waals surface area (Å²) in [4.78, 5) is 29.0. The number of urea groups is 1. The van der Waals surface area contributed by atoms with Crippen molar-refractivity contribution in [2.75, 3.05) is 17.2 Å². The van der Waals surface area contributed by atoms with Crippen molar-refractivity contribution < 1.29 is 9.53 Å². The van der Waals surface area contributed by atoms with Crippen LogP contribution in [-0.2, 0) is 0 Å². The molecule has 2 aromatic carbocycles. The van der Waals surface area contributed by atoms with Crippen molar-refractivity contribution >= 4 is 29.1 Å². The summed E-state index contributed by atoms with van der Waals surface area (Å²) in [5, 5.41) is 5.68. The fourth-order valence-corrected chi connectivity index (χ4v) is 2.78. The highest BCUT2D eigenvalue weighted by molar-refractivity contribution is 6.31. The average Bonchev–Trinajstić information content (AvgIpc) is 2.68. The monoisotopic (exact) mass is 398 g/mol. The van der Waals surface area contributed by atoms with E-state index in [1.54, 1.807) is 42.5 Å². The minimum absolute atomic E-state index is 0.0923. The van der Waals surface area contributed by atoms with Crippen molar-refractivity contribution in [2.24, 2.45) is 0 Å². The van der Waals surface area contributed by atoms with Gasteiger partial charge in [-0.3, -0.25) is 14.7 Å². The molecule has 144 valence electrons. The Balaban J connectivity index is 1.78. The third-order valence-corrected chi connectivity index (χ3v) is 4.40. The number of nitrogens with zero attached hydrogens (tertiary/aromatic N) is 2. The third kappa shape index (κ3) is 4.32. The van der Waals surface area contributed by atoms with E-state index in [0.29, 0.717) is 28.8 Å². The summed E-state index contributed by atoms with van der Waals surface area (Å²) in [6, 6.07) is 11.6. The van der Waals surface area contributed by atoms with E-state index in [2.05, 4.69) is 15.6 Å². The summed E-state index contributed by atoms with van der Waals surface area (Å²) in [7, 11) is 0. The molecule has 0 saturated heterocycles. The molecule has 0 saturated carbocycles. The maximum atomic E-state index is 12.7. The first-order valence-electron chi connectivity index (χ1n) is 8.63. The van der Waals surface area contributed by atoms with Crippen molar-refractivity contribution in [3.8, 4) is 11.4 Å². The van der Waals surface area contributed by atoms with Crippen molar-refractivity contribution in [3.05, 3.63) is 75.8 Å². The number of anilines is 2. The number of halogens is 1. The fourth-order valence-electron chi connectivity index (χ4n) is 2.62. The van der Waals surface area contributed by atoms with Crippen LogP contribution < -0.4 is 20.9 Å². The van der Waals surface area contributed by atoms with Crippen LogP contribution in [0.4, 0.5) is 16.3 Å². The first-order valence-corrected chi connectivity index (χ1v) is 9.01. The zero-order valence-electron chi connectivity index (χ0n) is 15.4. The van der Waals surface area contributed by atoms with E-state index in [1.807, 2.05) is 13.8 Å². The van der Waals surface area contributed by atoms with Crippen LogP contribution in [0.1, 0.15) is 12.5 Å². The largest absolute Gasteiger partial charge is 0.494 e. The highest BCUT2D eigenvalue weighted by atomic mass is 35.5. The lowest BCUT2D eigenvalue weighted by molar-refractivity contribution is 0.262. The molecule has 2 N–H and O–H groups in total. The van der Waals surface area contributed by atoms with E-state index in [9.17, 15) is 9.59 Å². The minimum Gasteiger partial charge on any atom is -0.494 e. The molecule has 0 aliphatic carbocycles. The molecule has 0 spiro atoms. The number of ether oxygens (including phenoxy) is 1. The molecule has 3 aromatic rings. The van der Waals surface area contributed by atoms with Gasteiger partial charge in [-0.15, -0.1) is 0 Å². The van der Waals surface area contributed by atoms with Gasteiger partial charge in [-0.2, -0.15) is 0 Å². The molecule has 0 bridgehead atoms. The summed E-state index contributed by atoms with van der Waals surface area (Å²) >= 11 is 6.14. The molecule has 1 heterocycles. The Kier molecular flexibility index (Phi) is 5.96. The van der Waals surface area contributed by atoms with Gasteiger partial charge in [0.2, 0.25) is 5.82 Å². The number of benzene rings is 2. The van der Waals surface area contributed by atoms with Gasteiger partial charge in [-0.1, -0.05) is 17.7 Å². The van der Waals surface area contributed by atoms with Gasteiger partial charge in [0.05, 0.1) is 12.3 Å². The smallest absolute Gasteiger partial charge is 0.325 e. The van der Waals surface area contributed by atoms with Crippen molar-refractivity contribution in [2.45, 2.75) is 13.8 Å². The van der Waals surface area contributed by atoms with Gasteiger partial charge in [-0.25, -0.2) is 9.78 Å². The number of nitrogens with one attached hydrogen (secondary N) is 2. The van der Waals surface area contributed by atoms with Crippen molar-refractivity contribution in [1.82, 2.24) is 9.55 Å². The van der Waals surface area contributed by atoms with Gasteiger partial charge < -0.3 is 10.1 Å². The van der Waals surface area contributed by atoms with Gasteiger partial charge in [0.15, 0.2) is 0 Å². The van der Waals surface area contributed by atoms with E-state index in [4.69, 9.17) is 16.3 Å². The minimum atomic E-state index is -0.575. The van der Waals surface area contributed by atoms with E-state index in [0.717, 1.165) is 5.56 Å². The maximum Gasteiger partial charge on any atom is 0.325 e. The highest BCUT2D eigenvalue weighted by Crippen LogP contribution is 2.21. The second kappa shape index (κ2) is 8.58. The predicted octanol–water partition coefficient (Wildman–Crippen LogP) is 4.24. The van der Waals surface area contributed by atoms with Gasteiger partial charge in [-0.05, 0) is 55.8 Å². The number of amides is 2. The Morgan fingerprint density at radius 2 is 1.93 bits per heavy atom. The van der Waals surface area contributed by atoms with Crippen LogP contribution in [0.2, 0.25) is 5.02 Å². The number of carbonyl (C=O) groups is 1. The molecule has 0 atom stereocenters. The summed E-state index contributed by atoms with van der Waals surface area (Å²) in [5.41, 5.74) is 1.47. The van der Waals surface area contributed by atoms with E-state index in [1.165, 1.54) is 17.0 Å². The lowest BCUT2D eigenvalue weighted by Crippen LogP contribution is -2.28. The van der Waals surface area contributed by atoms with E-state index >= 15 is 0 Å². The first-order chi connectivity index (χ1) is 13.5. The number of carbonyl (C=O) groups excluding carboxylic acids is 1. The molecule has 28 heavy (non-hydrogen) atoms. The van der Waals surface area contributed by atoms with Crippen LogP contribution in [0.3, 0.4) is 0 Å². The van der Waals surface area contributed by atoms with Crippen LogP contribution in [0.15, 0.2) is 59.7 Å². The molecule has 0 fully saturated rings. The predicted molar refractivity (Wildman–Crippen MR) is 110 cm³/mol. The number of rotatable bonds is 5. The topological polar surface area (TPSA) is 85.2 Å². The van der Waals surface area contributed by atoms with Crippen LogP contribution in [0.5, 0.6) is 5.75 Å². The molecule has 0 unspecified atom stereocenters. The summed E-state index contributed by atoms with van der Waals surface area (Å²) < 4.78 is 6.75. The molecule has 8 heteroatoms. The van der Waals surface area contributed by atoms with Crippen molar-refractivity contribution in [3.63, 3.8) is 0 Å². The lowest BCUT2D eigenvalue weighted by atomic mass is 10.2. The first kappa shape index (κ1) is 19.4. The van der Waals surface area contributed by atoms with Gasteiger partial charge >= 0.3 is 6.03 Å². The molecular formula is C20H19ClN4O3. The molecule has 1 aromatic heterocycles. The normalized spacial score (nSPS) is 10.4. The highest BCUT2D eigenvalue weighted by Gasteiger charge is 2.12. The Bertz CT molecular complexity index is 1050. The van der Waals surface area contributed by atoms with Crippen molar-refractivity contribution in [1.29, 1.82) is 0 Å². The maximum absolute atomic E-state index is 12.7. The molecule has 2 amide bonds. The molecule has 7 nitrogen and oxygen atoms in total. The summed E-state index contributed by atoms with van der Waals surface area (Å²) in [6.07, 6.45) is 2.96. The molecule has 0 aliphatic heterocycles. The van der Waals surface area contributed by atoms with E-state index in [-0.39, 0.29) is 5.82 Å². The average molecular weight is 399 g/mol. The fraction of sp³-hybridized carbons (Fsp3) is 0.150. The number of hydrogen-bond donors (Lipinski definition) is 2. The lowest BCUT2D eigenvalue weighted by Gasteiger charge is -2.12. The summed E-state index contributed by atoms with van der Waals surface area (Å²) in [5.74, 6) is 0.614. The van der Waals surface area contributed by atoms with Crippen LogP contribution in [-0.4, -0.2) is 22.2 Å². The zero-order valence-corrected chi connectivity index (χ0v) is 16.2. The number of hydrogen-bond acceptors (Lipinski definition) is 4. The van der Waals surface area contributed by atoms with Crippen LogP contribution in [0.25, 0.3) is 5.69 Å². The Morgan fingerprint density at radius 3 is 2.64 bits per heavy atom. The Morgan fingerprint density at radius 1 is 1.18 bits per heavy atom. The van der Waals surface area contributed by atoms with Gasteiger partial charge in [0, 0.05) is 23.1 Å². The molecule has 3 rings (SSSR count). The molecule has 0 radical (unpaired) electrons. The standard InChI is InChI=1S/C20H19ClN4O3/c1-3-28-15-9-7-14(8-10-15)23-20(27)24-18-19(26)25(12-11-22-18)17-6-4-5-16(21)13(17)2/h4-12H,3H2,1-2H3,(H2,22,23,24,27). The zero-order chi connectivity index (χ0) is 20.1. The van der Waals surface area contributed by atoms with Gasteiger partial charge in [0.1, 0.15) is 5.75 Å².